The van der Waals surface area contributed by atoms with Gasteiger partial charge in [-0.15, -0.1) is 0 Å². The maximum absolute atomic E-state index is 12.1. The molecule has 0 spiro atoms. The zero-order valence-corrected chi connectivity index (χ0v) is 14.8. The molecule has 1 aromatic heterocycles. The number of amides is 1. The van der Waals surface area contributed by atoms with Crippen LogP contribution in [-0.4, -0.2) is 40.8 Å². The SMILES string of the molecule is CC(C)(C)OC(=O)N1CCCC(Oc2ccc(I)cn2)C1. The Balaban J connectivity index is 1.91. The number of piperidine rings is 1. The molecule has 1 atom stereocenters. The predicted octanol–water partition coefficient (Wildman–Crippen LogP) is 3.46. The average Bonchev–Trinajstić information content (AvgIpc) is 2.40. The van der Waals surface area contributed by atoms with E-state index in [0.717, 1.165) is 23.0 Å². The van der Waals surface area contributed by atoms with Crippen molar-refractivity contribution in [3.8, 4) is 5.88 Å². The number of pyridine rings is 1. The normalized spacial score (nSPS) is 19.2. The van der Waals surface area contributed by atoms with Gasteiger partial charge in [-0.1, -0.05) is 0 Å². The highest BCUT2D eigenvalue weighted by Crippen LogP contribution is 2.19. The van der Waals surface area contributed by atoms with Crippen LogP contribution in [0.2, 0.25) is 0 Å². The number of hydrogen-bond donors (Lipinski definition) is 0. The Morgan fingerprint density at radius 3 is 2.81 bits per heavy atom. The maximum Gasteiger partial charge on any atom is 0.410 e. The fourth-order valence-electron chi connectivity index (χ4n) is 2.13. The van der Waals surface area contributed by atoms with Crippen molar-refractivity contribution in [2.75, 3.05) is 13.1 Å². The molecule has 1 unspecified atom stereocenters. The van der Waals surface area contributed by atoms with Crippen molar-refractivity contribution in [1.29, 1.82) is 0 Å². The lowest BCUT2D eigenvalue weighted by atomic mass is 10.1. The van der Waals surface area contributed by atoms with E-state index >= 15 is 0 Å². The lowest BCUT2D eigenvalue weighted by Crippen LogP contribution is -2.46. The Morgan fingerprint density at radius 2 is 2.19 bits per heavy atom. The molecule has 1 saturated heterocycles. The number of rotatable bonds is 2. The molecule has 0 aromatic carbocycles. The van der Waals surface area contributed by atoms with Gasteiger partial charge in [-0.05, 0) is 62.3 Å². The molecule has 1 aromatic rings. The summed E-state index contributed by atoms with van der Waals surface area (Å²) in [6, 6.07) is 3.81. The number of likely N-dealkylation sites (tertiary alicyclic amines) is 1. The second-order valence-electron chi connectivity index (χ2n) is 6.12. The van der Waals surface area contributed by atoms with Crippen LogP contribution in [0.15, 0.2) is 18.3 Å². The third kappa shape index (κ3) is 5.33. The summed E-state index contributed by atoms with van der Waals surface area (Å²) in [7, 11) is 0. The van der Waals surface area contributed by atoms with E-state index < -0.39 is 5.60 Å². The highest BCUT2D eigenvalue weighted by molar-refractivity contribution is 14.1. The molecule has 2 rings (SSSR count). The molecular formula is C15H21IN2O3. The zero-order chi connectivity index (χ0) is 15.5. The number of aromatic nitrogens is 1. The lowest BCUT2D eigenvalue weighted by molar-refractivity contribution is 0.00722. The first-order valence-electron chi connectivity index (χ1n) is 7.09. The first kappa shape index (κ1) is 16.3. The number of halogens is 1. The first-order valence-corrected chi connectivity index (χ1v) is 8.17. The minimum absolute atomic E-state index is 0.0289. The van der Waals surface area contributed by atoms with Crippen LogP contribution >= 0.6 is 22.6 Å². The van der Waals surface area contributed by atoms with Crippen LogP contribution in [0.4, 0.5) is 4.79 Å². The van der Waals surface area contributed by atoms with Crippen molar-refractivity contribution in [2.24, 2.45) is 0 Å². The van der Waals surface area contributed by atoms with Crippen molar-refractivity contribution < 1.29 is 14.3 Å². The van der Waals surface area contributed by atoms with Crippen molar-refractivity contribution in [1.82, 2.24) is 9.88 Å². The molecule has 1 aliphatic rings. The summed E-state index contributed by atoms with van der Waals surface area (Å²) in [5, 5.41) is 0. The molecule has 2 heterocycles. The van der Waals surface area contributed by atoms with Gasteiger partial charge in [0.25, 0.3) is 0 Å². The molecule has 1 aliphatic heterocycles. The number of carbonyl (C=O) groups excluding carboxylic acids is 1. The van der Waals surface area contributed by atoms with E-state index in [1.165, 1.54) is 0 Å². The summed E-state index contributed by atoms with van der Waals surface area (Å²) in [4.78, 5) is 18.0. The van der Waals surface area contributed by atoms with Gasteiger partial charge in [-0.2, -0.15) is 0 Å². The van der Waals surface area contributed by atoms with Crippen molar-refractivity contribution in [2.45, 2.75) is 45.3 Å². The molecule has 6 heteroatoms. The molecule has 0 radical (unpaired) electrons. The topological polar surface area (TPSA) is 51.7 Å². The Morgan fingerprint density at radius 1 is 1.43 bits per heavy atom. The molecule has 21 heavy (non-hydrogen) atoms. The number of carbonyl (C=O) groups is 1. The summed E-state index contributed by atoms with van der Waals surface area (Å²) >= 11 is 2.20. The van der Waals surface area contributed by atoms with Crippen LogP contribution < -0.4 is 4.74 Å². The van der Waals surface area contributed by atoms with Crippen LogP contribution in [0.1, 0.15) is 33.6 Å². The molecule has 0 aliphatic carbocycles. The second-order valence-corrected chi connectivity index (χ2v) is 7.37. The largest absolute Gasteiger partial charge is 0.472 e. The van der Waals surface area contributed by atoms with E-state index in [9.17, 15) is 4.79 Å². The summed E-state index contributed by atoms with van der Waals surface area (Å²) in [5.74, 6) is 0.603. The van der Waals surface area contributed by atoms with Gasteiger partial charge in [-0.3, -0.25) is 0 Å². The standard InChI is InChI=1S/C15H21IN2O3/c1-15(2,3)21-14(19)18-8-4-5-12(10-18)20-13-7-6-11(16)9-17-13/h6-7,9,12H,4-5,8,10H2,1-3H3. The Labute approximate surface area is 139 Å². The van der Waals surface area contributed by atoms with Gasteiger partial charge in [0.1, 0.15) is 11.7 Å². The summed E-state index contributed by atoms with van der Waals surface area (Å²) in [5.41, 5.74) is -0.470. The average molecular weight is 404 g/mol. The summed E-state index contributed by atoms with van der Waals surface area (Å²) in [6.07, 6.45) is 3.30. The van der Waals surface area contributed by atoms with E-state index in [1.807, 2.05) is 32.9 Å². The molecule has 0 N–H and O–H groups in total. The van der Waals surface area contributed by atoms with Crippen LogP contribution in [0, 0.1) is 3.57 Å². The van der Waals surface area contributed by atoms with Crippen LogP contribution in [0.25, 0.3) is 0 Å². The number of nitrogens with zero attached hydrogens (tertiary/aromatic N) is 2. The quantitative estimate of drug-likeness (QED) is 0.709. The second kappa shape index (κ2) is 6.81. The van der Waals surface area contributed by atoms with Crippen LogP contribution in [-0.2, 0) is 4.74 Å². The lowest BCUT2D eigenvalue weighted by Gasteiger charge is -2.33. The third-order valence-corrected chi connectivity index (χ3v) is 3.66. The van der Waals surface area contributed by atoms with Gasteiger partial charge in [0.2, 0.25) is 5.88 Å². The van der Waals surface area contributed by atoms with E-state index in [0.29, 0.717) is 12.4 Å². The highest BCUT2D eigenvalue weighted by Gasteiger charge is 2.28. The van der Waals surface area contributed by atoms with Gasteiger partial charge >= 0.3 is 6.09 Å². The van der Waals surface area contributed by atoms with Crippen molar-refractivity contribution in [3.63, 3.8) is 0 Å². The van der Waals surface area contributed by atoms with E-state index in [-0.39, 0.29) is 12.2 Å². The van der Waals surface area contributed by atoms with Crippen LogP contribution in [0.5, 0.6) is 5.88 Å². The van der Waals surface area contributed by atoms with E-state index in [4.69, 9.17) is 9.47 Å². The van der Waals surface area contributed by atoms with Gasteiger partial charge in [0.15, 0.2) is 0 Å². The minimum Gasteiger partial charge on any atom is -0.472 e. The number of ether oxygens (including phenoxy) is 2. The smallest absolute Gasteiger partial charge is 0.410 e. The Bertz CT molecular complexity index is 485. The van der Waals surface area contributed by atoms with Gasteiger partial charge < -0.3 is 14.4 Å². The third-order valence-electron chi connectivity index (χ3n) is 3.02. The monoisotopic (exact) mass is 404 g/mol. The molecule has 5 nitrogen and oxygen atoms in total. The molecule has 0 bridgehead atoms. The Hall–Kier alpha value is -1.05. The van der Waals surface area contributed by atoms with Gasteiger partial charge in [0.05, 0.1) is 6.54 Å². The van der Waals surface area contributed by atoms with Gasteiger partial charge in [-0.25, -0.2) is 9.78 Å². The van der Waals surface area contributed by atoms with E-state index in [2.05, 4.69) is 27.6 Å². The van der Waals surface area contributed by atoms with Crippen molar-refractivity contribution in [3.05, 3.63) is 21.9 Å². The fraction of sp³-hybridized carbons (Fsp3) is 0.600. The fourth-order valence-corrected chi connectivity index (χ4v) is 2.45. The zero-order valence-electron chi connectivity index (χ0n) is 12.6. The minimum atomic E-state index is -0.470. The van der Waals surface area contributed by atoms with Gasteiger partial charge in [0, 0.05) is 22.4 Å². The summed E-state index contributed by atoms with van der Waals surface area (Å²) < 4.78 is 12.3. The molecule has 0 saturated carbocycles. The highest BCUT2D eigenvalue weighted by atomic mass is 127. The summed E-state index contributed by atoms with van der Waals surface area (Å²) in [6.45, 7) is 6.88. The predicted molar refractivity (Wildman–Crippen MR) is 88.4 cm³/mol. The van der Waals surface area contributed by atoms with E-state index in [1.54, 1.807) is 11.1 Å². The van der Waals surface area contributed by atoms with Crippen molar-refractivity contribution >= 4 is 28.7 Å². The molecule has 1 fully saturated rings. The number of hydrogen-bond acceptors (Lipinski definition) is 4. The molecular weight excluding hydrogens is 383 g/mol. The molecule has 1 amide bonds. The Kier molecular flexibility index (Phi) is 5.29. The first-order chi connectivity index (χ1) is 9.83. The maximum atomic E-state index is 12.1. The van der Waals surface area contributed by atoms with Crippen LogP contribution in [0.3, 0.4) is 0 Å². The molecule has 116 valence electrons.